The molecular formula is C14H18N4O4S2. The van der Waals surface area contributed by atoms with E-state index in [1.807, 2.05) is 18.2 Å². The first-order chi connectivity index (χ1) is 11.4. The lowest BCUT2D eigenvalue weighted by atomic mass is 10.0. The molecule has 1 aliphatic rings. The summed E-state index contributed by atoms with van der Waals surface area (Å²) < 4.78 is 36.2. The SMILES string of the molecule is CN(Cc1ccc2nsnc2c1)S(=O)(=O)N1CCCC(C(=O)O)C1. The van der Waals surface area contributed by atoms with E-state index in [0.29, 0.717) is 19.4 Å². The van der Waals surface area contributed by atoms with Crippen LogP contribution in [0, 0.1) is 5.92 Å². The third-order valence-electron chi connectivity index (χ3n) is 4.18. The molecule has 2 heterocycles. The van der Waals surface area contributed by atoms with Crippen LogP contribution in [0.15, 0.2) is 18.2 Å². The van der Waals surface area contributed by atoms with E-state index in [1.165, 1.54) is 15.7 Å². The van der Waals surface area contributed by atoms with Gasteiger partial charge in [0.1, 0.15) is 11.0 Å². The molecule has 1 saturated heterocycles. The summed E-state index contributed by atoms with van der Waals surface area (Å²) in [7, 11) is -2.19. The molecule has 130 valence electrons. The Kier molecular flexibility index (Phi) is 4.81. The van der Waals surface area contributed by atoms with Gasteiger partial charge in [0, 0.05) is 26.7 Å². The molecular weight excluding hydrogens is 352 g/mol. The topological polar surface area (TPSA) is 104 Å². The van der Waals surface area contributed by atoms with Crippen LogP contribution in [-0.4, -0.2) is 57.0 Å². The third kappa shape index (κ3) is 3.41. The van der Waals surface area contributed by atoms with Crippen LogP contribution in [0.2, 0.25) is 0 Å². The van der Waals surface area contributed by atoms with Gasteiger partial charge in [0.05, 0.1) is 17.6 Å². The van der Waals surface area contributed by atoms with Crippen molar-refractivity contribution in [2.75, 3.05) is 20.1 Å². The van der Waals surface area contributed by atoms with Gasteiger partial charge >= 0.3 is 5.97 Å². The summed E-state index contributed by atoms with van der Waals surface area (Å²) in [4.78, 5) is 11.1. The zero-order valence-corrected chi connectivity index (χ0v) is 14.8. The van der Waals surface area contributed by atoms with Crippen LogP contribution in [-0.2, 0) is 21.5 Å². The summed E-state index contributed by atoms with van der Waals surface area (Å²) >= 11 is 1.12. The second kappa shape index (κ2) is 6.71. The summed E-state index contributed by atoms with van der Waals surface area (Å²) in [5.41, 5.74) is 2.34. The lowest BCUT2D eigenvalue weighted by Crippen LogP contribution is -2.47. The van der Waals surface area contributed by atoms with Gasteiger partial charge in [0.25, 0.3) is 10.2 Å². The number of hydrogen-bond donors (Lipinski definition) is 1. The highest BCUT2D eigenvalue weighted by Gasteiger charge is 2.34. The molecule has 2 aromatic rings. The number of benzene rings is 1. The molecule has 0 amide bonds. The number of aromatic nitrogens is 2. The van der Waals surface area contributed by atoms with Gasteiger partial charge in [0.2, 0.25) is 0 Å². The maximum atomic E-state index is 12.7. The molecule has 8 nitrogen and oxygen atoms in total. The van der Waals surface area contributed by atoms with Crippen LogP contribution < -0.4 is 0 Å². The van der Waals surface area contributed by atoms with Gasteiger partial charge in [-0.15, -0.1) is 0 Å². The van der Waals surface area contributed by atoms with E-state index in [0.717, 1.165) is 28.3 Å². The number of carboxylic acids is 1. The molecule has 1 aromatic carbocycles. The predicted octanol–water partition coefficient (Wildman–Crippen LogP) is 1.16. The lowest BCUT2D eigenvalue weighted by molar-refractivity contribution is -0.142. The van der Waals surface area contributed by atoms with Crippen LogP contribution in [0.25, 0.3) is 11.0 Å². The number of piperidine rings is 1. The summed E-state index contributed by atoms with van der Waals surface area (Å²) in [6.45, 7) is 0.576. The normalized spacial score (nSPS) is 19.8. The van der Waals surface area contributed by atoms with E-state index < -0.39 is 22.1 Å². The molecule has 10 heteroatoms. The van der Waals surface area contributed by atoms with Gasteiger partial charge in [0.15, 0.2) is 0 Å². The fourth-order valence-electron chi connectivity index (χ4n) is 2.82. The molecule has 0 aliphatic carbocycles. The van der Waals surface area contributed by atoms with Crippen molar-refractivity contribution in [3.63, 3.8) is 0 Å². The van der Waals surface area contributed by atoms with E-state index in [2.05, 4.69) is 8.75 Å². The van der Waals surface area contributed by atoms with Gasteiger partial charge in [-0.3, -0.25) is 4.79 Å². The molecule has 3 rings (SSSR count). The number of aliphatic carboxylic acids is 1. The standard InChI is InChI=1S/C14H18N4O4S2/c1-17(8-10-4-5-12-13(7-10)16-23-15-12)24(21,22)18-6-2-3-11(9-18)14(19)20/h4-5,7,11H,2-3,6,8-9H2,1H3,(H,19,20). The van der Waals surface area contributed by atoms with E-state index >= 15 is 0 Å². The van der Waals surface area contributed by atoms with Crippen molar-refractivity contribution in [1.82, 2.24) is 17.4 Å². The van der Waals surface area contributed by atoms with Crippen molar-refractivity contribution in [2.45, 2.75) is 19.4 Å². The number of nitrogens with zero attached hydrogens (tertiary/aromatic N) is 4. The van der Waals surface area contributed by atoms with E-state index in [4.69, 9.17) is 5.11 Å². The lowest BCUT2D eigenvalue weighted by Gasteiger charge is -2.32. The van der Waals surface area contributed by atoms with Crippen LogP contribution in [0.5, 0.6) is 0 Å². The summed E-state index contributed by atoms with van der Waals surface area (Å²) in [5.74, 6) is -1.58. The number of carbonyl (C=O) groups is 1. The fraction of sp³-hybridized carbons (Fsp3) is 0.500. The first kappa shape index (κ1) is 17.2. The third-order valence-corrected chi connectivity index (χ3v) is 6.63. The maximum absolute atomic E-state index is 12.7. The molecule has 0 bridgehead atoms. The number of rotatable bonds is 5. The Morgan fingerprint density at radius 3 is 2.92 bits per heavy atom. The number of fused-ring (bicyclic) bond motifs is 1. The van der Waals surface area contributed by atoms with Crippen LogP contribution in [0.1, 0.15) is 18.4 Å². The molecule has 0 radical (unpaired) electrons. The average Bonchev–Trinajstić information content (AvgIpc) is 3.02. The molecule has 0 spiro atoms. The van der Waals surface area contributed by atoms with Crippen LogP contribution in [0.3, 0.4) is 0 Å². The quantitative estimate of drug-likeness (QED) is 0.847. The Balaban J connectivity index is 1.74. The highest BCUT2D eigenvalue weighted by Crippen LogP contribution is 2.22. The Labute approximate surface area is 144 Å². The Morgan fingerprint density at radius 2 is 2.17 bits per heavy atom. The average molecular weight is 370 g/mol. The molecule has 1 unspecified atom stereocenters. The van der Waals surface area contributed by atoms with Gasteiger partial charge in [-0.2, -0.15) is 25.8 Å². The highest BCUT2D eigenvalue weighted by molar-refractivity contribution is 7.86. The molecule has 1 N–H and O–H groups in total. The summed E-state index contributed by atoms with van der Waals surface area (Å²) in [5, 5.41) is 9.13. The first-order valence-electron chi connectivity index (χ1n) is 7.53. The van der Waals surface area contributed by atoms with Gasteiger partial charge in [-0.1, -0.05) is 6.07 Å². The Morgan fingerprint density at radius 1 is 1.42 bits per heavy atom. The van der Waals surface area contributed by atoms with Gasteiger partial charge < -0.3 is 5.11 Å². The predicted molar refractivity (Wildman–Crippen MR) is 89.7 cm³/mol. The molecule has 1 aromatic heterocycles. The maximum Gasteiger partial charge on any atom is 0.307 e. The number of hydrogen-bond acceptors (Lipinski definition) is 6. The number of carboxylic acid groups (broad SMARTS) is 1. The van der Waals surface area contributed by atoms with Gasteiger partial charge in [-0.05, 0) is 30.5 Å². The van der Waals surface area contributed by atoms with Crippen molar-refractivity contribution in [3.8, 4) is 0 Å². The van der Waals surface area contributed by atoms with E-state index in [1.54, 1.807) is 0 Å². The molecule has 1 fully saturated rings. The van der Waals surface area contributed by atoms with Gasteiger partial charge in [-0.25, -0.2) is 0 Å². The molecule has 1 aliphatic heterocycles. The largest absolute Gasteiger partial charge is 0.481 e. The van der Waals surface area contributed by atoms with Crippen molar-refractivity contribution in [3.05, 3.63) is 23.8 Å². The van der Waals surface area contributed by atoms with Crippen LogP contribution in [0.4, 0.5) is 0 Å². The molecule has 0 saturated carbocycles. The second-order valence-corrected chi connectivity index (χ2v) is 8.45. The minimum Gasteiger partial charge on any atom is -0.481 e. The van der Waals surface area contributed by atoms with Crippen molar-refractivity contribution in [2.24, 2.45) is 5.92 Å². The van der Waals surface area contributed by atoms with Crippen molar-refractivity contribution >= 4 is 38.9 Å². The van der Waals surface area contributed by atoms with E-state index in [9.17, 15) is 13.2 Å². The zero-order valence-electron chi connectivity index (χ0n) is 13.1. The second-order valence-electron chi connectivity index (χ2n) is 5.89. The smallest absolute Gasteiger partial charge is 0.307 e. The first-order valence-corrected chi connectivity index (χ1v) is 9.66. The monoisotopic (exact) mass is 370 g/mol. The fourth-order valence-corrected chi connectivity index (χ4v) is 4.77. The summed E-state index contributed by atoms with van der Waals surface area (Å²) in [6.07, 6.45) is 1.07. The van der Waals surface area contributed by atoms with Crippen molar-refractivity contribution in [1.29, 1.82) is 0 Å². The minimum absolute atomic E-state index is 0.0248. The Hall–Kier alpha value is -1.62. The van der Waals surface area contributed by atoms with Crippen molar-refractivity contribution < 1.29 is 18.3 Å². The zero-order chi connectivity index (χ0) is 17.3. The Bertz CT molecular complexity index is 851. The summed E-state index contributed by atoms with van der Waals surface area (Å²) in [6, 6.07) is 5.46. The van der Waals surface area contributed by atoms with E-state index in [-0.39, 0.29) is 13.1 Å². The molecule has 24 heavy (non-hydrogen) atoms. The molecule has 1 atom stereocenters. The van der Waals surface area contributed by atoms with Crippen LogP contribution >= 0.6 is 11.7 Å². The minimum atomic E-state index is -3.70. The highest BCUT2D eigenvalue weighted by atomic mass is 32.2.